The molecule has 0 spiro atoms. The van der Waals surface area contributed by atoms with Crippen LogP contribution in [0.25, 0.3) is 0 Å². The van der Waals surface area contributed by atoms with Gasteiger partial charge >= 0.3 is 0 Å². The monoisotopic (exact) mass is 120 g/mol. The molecule has 0 amide bonds. The largest absolute Gasteiger partial charge is 0.0848 e. The third kappa shape index (κ3) is 0.417. The van der Waals surface area contributed by atoms with Gasteiger partial charge in [-0.1, -0.05) is 12.2 Å². The van der Waals surface area contributed by atoms with Gasteiger partial charge in [0.25, 0.3) is 0 Å². The summed E-state index contributed by atoms with van der Waals surface area (Å²) < 4.78 is 0. The molecule has 3 rings (SSSR count). The topological polar surface area (TPSA) is 0 Å². The van der Waals surface area contributed by atoms with Crippen molar-refractivity contribution in [1.82, 2.24) is 0 Å². The van der Waals surface area contributed by atoms with Crippen molar-refractivity contribution in [3.63, 3.8) is 0 Å². The average Bonchev–Trinajstić information content (AvgIpc) is 2.35. The van der Waals surface area contributed by atoms with Gasteiger partial charge in [-0.2, -0.15) is 0 Å². The molecular weight excluding hydrogens is 108 g/mol. The van der Waals surface area contributed by atoms with Crippen molar-refractivity contribution >= 4 is 0 Å². The van der Waals surface area contributed by atoms with Gasteiger partial charge in [-0.25, -0.2) is 0 Å². The molecule has 2 bridgehead atoms. The van der Waals surface area contributed by atoms with Crippen LogP contribution in [0.4, 0.5) is 0 Å². The molecule has 2 saturated carbocycles. The van der Waals surface area contributed by atoms with E-state index in [1.807, 2.05) is 0 Å². The number of rotatable bonds is 0. The summed E-state index contributed by atoms with van der Waals surface area (Å²) in [6.07, 6.45) is 9.56. The molecular formula is C9H12. The van der Waals surface area contributed by atoms with Crippen LogP contribution in [-0.2, 0) is 0 Å². The number of fused-ring (bicyclic) bond motifs is 1. The van der Waals surface area contributed by atoms with E-state index >= 15 is 0 Å². The fourth-order valence-corrected chi connectivity index (χ4v) is 3.19. The molecule has 2 atom stereocenters. The molecule has 0 nitrogen and oxygen atoms in total. The minimum absolute atomic E-state index is 1.02. The maximum absolute atomic E-state index is 2.47. The number of hydrogen-bond acceptors (Lipinski definition) is 0. The van der Waals surface area contributed by atoms with Crippen molar-refractivity contribution in [2.45, 2.75) is 19.3 Å². The van der Waals surface area contributed by atoms with Gasteiger partial charge in [-0.15, -0.1) is 0 Å². The lowest BCUT2D eigenvalue weighted by Crippen LogP contribution is -2.09. The molecule has 0 heteroatoms. The Bertz CT molecular complexity index is 153. The first-order valence-corrected chi connectivity index (χ1v) is 4.12. The first kappa shape index (κ1) is 4.54. The molecule has 2 fully saturated rings. The highest BCUT2D eigenvalue weighted by molar-refractivity contribution is 5.15. The summed E-state index contributed by atoms with van der Waals surface area (Å²) in [6, 6.07) is 0. The Morgan fingerprint density at radius 3 is 2.00 bits per heavy atom. The second-order valence-electron chi connectivity index (χ2n) is 3.95. The van der Waals surface area contributed by atoms with E-state index in [0.29, 0.717) is 0 Å². The van der Waals surface area contributed by atoms with E-state index in [0.717, 1.165) is 23.7 Å². The van der Waals surface area contributed by atoms with Gasteiger partial charge in [-0.3, -0.25) is 0 Å². The number of allylic oxidation sites excluding steroid dienone is 2. The van der Waals surface area contributed by atoms with E-state index in [4.69, 9.17) is 0 Å². The van der Waals surface area contributed by atoms with Gasteiger partial charge in [0.05, 0.1) is 0 Å². The van der Waals surface area contributed by atoms with Gasteiger partial charge in [0.2, 0.25) is 0 Å². The highest BCUT2D eigenvalue weighted by Crippen LogP contribution is 2.56. The molecule has 0 saturated heterocycles. The van der Waals surface area contributed by atoms with Gasteiger partial charge in [-0.05, 0) is 42.9 Å². The molecule has 48 valence electrons. The van der Waals surface area contributed by atoms with E-state index in [-0.39, 0.29) is 0 Å². The molecule has 0 aromatic rings. The fourth-order valence-electron chi connectivity index (χ4n) is 3.19. The van der Waals surface area contributed by atoms with Crippen LogP contribution in [0.15, 0.2) is 12.2 Å². The van der Waals surface area contributed by atoms with Crippen LogP contribution in [0.3, 0.4) is 0 Å². The summed E-state index contributed by atoms with van der Waals surface area (Å²) >= 11 is 0. The van der Waals surface area contributed by atoms with E-state index in [9.17, 15) is 0 Å². The summed E-state index contributed by atoms with van der Waals surface area (Å²) in [5.41, 5.74) is 0. The van der Waals surface area contributed by atoms with Crippen LogP contribution >= 0.6 is 0 Å². The highest BCUT2D eigenvalue weighted by Gasteiger charge is 2.46. The third-order valence-electron chi connectivity index (χ3n) is 3.52. The predicted octanol–water partition coefficient (Wildman–Crippen LogP) is 2.22. The zero-order chi connectivity index (χ0) is 5.84. The normalized spacial score (nSPS) is 59.6. The molecule has 2 unspecified atom stereocenters. The van der Waals surface area contributed by atoms with Gasteiger partial charge in [0.15, 0.2) is 0 Å². The minimum atomic E-state index is 1.02. The Morgan fingerprint density at radius 2 is 1.56 bits per heavy atom. The Hall–Kier alpha value is -0.260. The van der Waals surface area contributed by atoms with Crippen molar-refractivity contribution in [2.75, 3.05) is 0 Å². The minimum Gasteiger partial charge on any atom is -0.0848 e. The van der Waals surface area contributed by atoms with Crippen molar-refractivity contribution in [2.24, 2.45) is 23.7 Å². The molecule has 9 heavy (non-hydrogen) atoms. The standard InChI is InChI=1S/C9H12/c1-2-8-4-6-3-7(1)9(8)5-6/h1-2,6-9H,3-5H2. The predicted molar refractivity (Wildman–Crippen MR) is 37.0 cm³/mol. The Labute approximate surface area is 56.0 Å². The molecule has 0 radical (unpaired) electrons. The summed E-state index contributed by atoms with van der Waals surface area (Å²) in [5.74, 6) is 4.28. The van der Waals surface area contributed by atoms with Crippen molar-refractivity contribution < 1.29 is 0 Å². The average molecular weight is 120 g/mol. The summed E-state index contributed by atoms with van der Waals surface area (Å²) in [6.45, 7) is 0. The lowest BCUT2D eigenvalue weighted by atomic mass is 9.88. The summed E-state index contributed by atoms with van der Waals surface area (Å²) in [5, 5.41) is 0. The Balaban J connectivity index is 2.08. The highest BCUT2D eigenvalue weighted by atomic mass is 14.5. The fraction of sp³-hybridized carbons (Fsp3) is 0.778. The van der Waals surface area contributed by atoms with E-state index in [1.54, 1.807) is 6.42 Å². The van der Waals surface area contributed by atoms with E-state index < -0.39 is 0 Å². The van der Waals surface area contributed by atoms with Crippen molar-refractivity contribution in [1.29, 1.82) is 0 Å². The lowest BCUT2D eigenvalue weighted by molar-refractivity contribution is 0.356. The first-order chi connectivity index (χ1) is 4.43. The summed E-state index contributed by atoms with van der Waals surface area (Å²) in [4.78, 5) is 0. The smallest absolute Gasteiger partial charge is 0.0197 e. The van der Waals surface area contributed by atoms with Crippen LogP contribution in [0.1, 0.15) is 19.3 Å². The van der Waals surface area contributed by atoms with Gasteiger partial charge in [0, 0.05) is 0 Å². The molecule has 0 aromatic carbocycles. The summed E-state index contributed by atoms with van der Waals surface area (Å²) in [7, 11) is 0. The molecule has 0 aliphatic heterocycles. The molecule has 3 aliphatic rings. The Morgan fingerprint density at radius 1 is 0.889 bits per heavy atom. The Kier molecular flexibility index (Phi) is 0.633. The van der Waals surface area contributed by atoms with Crippen molar-refractivity contribution in [3.05, 3.63) is 12.2 Å². The second-order valence-corrected chi connectivity index (χ2v) is 3.95. The van der Waals surface area contributed by atoms with E-state index in [1.165, 1.54) is 12.8 Å². The van der Waals surface area contributed by atoms with E-state index in [2.05, 4.69) is 12.2 Å². The van der Waals surface area contributed by atoms with Crippen LogP contribution < -0.4 is 0 Å². The molecule has 3 aliphatic carbocycles. The third-order valence-corrected chi connectivity index (χ3v) is 3.52. The maximum atomic E-state index is 2.47. The molecule has 0 aromatic heterocycles. The quantitative estimate of drug-likeness (QED) is 0.430. The SMILES string of the molecule is C1=CC2CC3CC1C2C3. The zero-order valence-corrected chi connectivity index (χ0v) is 5.59. The molecule has 0 N–H and O–H groups in total. The van der Waals surface area contributed by atoms with Gasteiger partial charge in [0.1, 0.15) is 0 Å². The number of hydrogen-bond donors (Lipinski definition) is 0. The van der Waals surface area contributed by atoms with Crippen LogP contribution in [-0.4, -0.2) is 0 Å². The maximum Gasteiger partial charge on any atom is -0.0197 e. The zero-order valence-electron chi connectivity index (χ0n) is 5.59. The lowest BCUT2D eigenvalue weighted by Gasteiger charge is -2.17. The van der Waals surface area contributed by atoms with Crippen LogP contribution in [0.5, 0.6) is 0 Å². The van der Waals surface area contributed by atoms with Crippen molar-refractivity contribution in [3.8, 4) is 0 Å². The molecule has 0 heterocycles. The van der Waals surface area contributed by atoms with Gasteiger partial charge < -0.3 is 0 Å². The first-order valence-electron chi connectivity index (χ1n) is 4.12. The second kappa shape index (κ2) is 1.25. The van der Waals surface area contributed by atoms with Crippen LogP contribution in [0.2, 0.25) is 0 Å². The van der Waals surface area contributed by atoms with Crippen LogP contribution in [0, 0.1) is 23.7 Å².